The van der Waals surface area contributed by atoms with Crippen LogP contribution in [0.1, 0.15) is 22.6 Å². The summed E-state index contributed by atoms with van der Waals surface area (Å²) >= 11 is 0. The Morgan fingerprint density at radius 1 is 1.05 bits per heavy atom. The van der Waals surface area contributed by atoms with Gasteiger partial charge in [0.15, 0.2) is 0 Å². The molecule has 0 saturated carbocycles. The fourth-order valence-corrected chi connectivity index (χ4v) is 4.31. The number of nitriles is 1. The van der Waals surface area contributed by atoms with E-state index in [-0.39, 0.29) is 28.0 Å². The number of hydrogen-bond donors (Lipinski definition) is 1. The van der Waals surface area contributed by atoms with Crippen LogP contribution in [-0.2, 0) is 19.1 Å². The van der Waals surface area contributed by atoms with Gasteiger partial charge in [-0.3, -0.25) is 25.1 Å². The average Bonchev–Trinajstić information content (AvgIpc) is 2.88. The summed E-state index contributed by atoms with van der Waals surface area (Å²) in [5.74, 6) is -3.70. The van der Waals surface area contributed by atoms with Crippen molar-refractivity contribution in [3.63, 3.8) is 0 Å². The third kappa shape index (κ3) is 4.31. The summed E-state index contributed by atoms with van der Waals surface area (Å²) in [7, 11) is 2.09. The maximum absolute atomic E-state index is 13.2. The van der Waals surface area contributed by atoms with Gasteiger partial charge < -0.3 is 15.2 Å². The smallest absolute Gasteiger partial charge is 0.355 e. The molecule has 2 aromatic carbocycles. The van der Waals surface area contributed by atoms with Gasteiger partial charge in [0.2, 0.25) is 0 Å². The Morgan fingerprint density at radius 3 is 2.14 bits per heavy atom. The van der Waals surface area contributed by atoms with Crippen molar-refractivity contribution in [3.8, 4) is 6.07 Å². The molecule has 1 unspecified atom stereocenters. The van der Waals surface area contributed by atoms with Crippen LogP contribution in [0, 0.1) is 45.4 Å². The summed E-state index contributed by atoms with van der Waals surface area (Å²) in [6.45, 7) is 2.51. The van der Waals surface area contributed by atoms with Crippen LogP contribution in [0.5, 0.6) is 0 Å². The number of rotatable bonds is 6. The number of esters is 2. The highest BCUT2D eigenvalue weighted by Gasteiger charge is 2.45. The highest BCUT2D eigenvalue weighted by molar-refractivity contribution is 6.07. The molecule has 2 N–H and O–H groups in total. The van der Waals surface area contributed by atoms with Gasteiger partial charge in [0.05, 0.1) is 47.2 Å². The molecule has 3 rings (SSSR count). The normalized spacial score (nSPS) is 15.2. The molecule has 37 heavy (non-hydrogen) atoms. The van der Waals surface area contributed by atoms with Crippen molar-refractivity contribution in [2.45, 2.75) is 19.8 Å². The van der Waals surface area contributed by atoms with Crippen molar-refractivity contribution in [1.82, 2.24) is 0 Å². The van der Waals surface area contributed by atoms with Gasteiger partial charge in [-0.2, -0.15) is 5.26 Å². The topological polar surface area (TPSA) is 192 Å². The molecule has 190 valence electrons. The molecular weight excluding hydrogens is 486 g/mol. The third-order valence-corrected chi connectivity index (χ3v) is 5.90. The summed E-state index contributed by atoms with van der Waals surface area (Å²) in [5, 5.41) is 33.8. The van der Waals surface area contributed by atoms with Gasteiger partial charge in [-0.25, -0.2) is 9.59 Å². The van der Waals surface area contributed by atoms with Crippen LogP contribution in [0.2, 0.25) is 0 Å². The van der Waals surface area contributed by atoms with E-state index in [0.717, 1.165) is 25.2 Å². The standard InChI is InChI=1S/C24H21N5O8/c1-12-10-16(28(32)33)13(2)20(29(34)35)19(12)27-21(24(31)37-4)18(23(30)36-3)17(15(11-25)22(27)26)14-8-6-5-7-9-14/h5-10,17H,26H2,1-4H3. The summed E-state index contributed by atoms with van der Waals surface area (Å²) in [4.78, 5) is 49.3. The fourth-order valence-electron chi connectivity index (χ4n) is 4.31. The molecule has 1 aliphatic rings. The number of benzene rings is 2. The molecule has 0 amide bonds. The fraction of sp³-hybridized carbons (Fsp3) is 0.208. The SMILES string of the molecule is COC(=O)C1=C(C(=O)OC)N(c2c(C)cc([N+](=O)[O-])c(C)c2[N+](=O)[O-])C(N)=C(C#N)C1c1ccccc1. The quantitative estimate of drug-likeness (QED) is 0.343. The van der Waals surface area contributed by atoms with Crippen LogP contribution in [0.15, 0.2) is 59.1 Å². The number of nitro benzene ring substituents is 2. The lowest BCUT2D eigenvalue weighted by Crippen LogP contribution is -2.41. The number of nitro groups is 2. The van der Waals surface area contributed by atoms with E-state index in [0.29, 0.717) is 5.56 Å². The first kappa shape index (κ1) is 26.4. The van der Waals surface area contributed by atoms with E-state index in [2.05, 4.69) is 0 Å². The largest absolute Gasteiger partial charge is 0.466 e. The van der Waals surface area contributed by atoms with Crippen molar-refractivity contribution in [2.75, 3.05) is 19.1 Å². The average molecular weight is 507 g/mol. The maximum Gasteiger partial charge on any atom is 0.355 e. The number of allylic oxidation sites excluding steroid dienone is 1. The van der Waals surface area contributed by atoms with E-state index in [1.54, 1.807) is 30.3 Å². The molecule has 13 heteroatoms. The molecule has 0 spiro atoms. The van der Waals surface area contributed by atoms with Gasteiger partial charge in [0.1, 0.15) is 22.8 Å². The Hall–Kier alpha value is -5.25. The van der Waals surface area contributed by atoms with Crippen LogP contribution in [0.4, 0.5) is 17.1 Å². The Bertz CT molecular complexity index is 1440. The van der Waals surface area contributed by atoms with Gasteiger partial charge in [0.25, 0.3) is 5.69 Å². The highest BCUT2D eigenvalue weighted by Crippen LogP contribution is 2.48. The molecule has 0 saturated heterocycles. The van der Waals surface area contributed by atoms with Crippen molar-refractivity contribution in [3.05, 3.63) is 96.0 Å². The molecule has 2 aromatic rings. The first-order valence-corrected chi connectivity index (χ1v) is 10.6. The summed E-state index contributed by atoms with van der Waals surface area (Å²) in [5.41, 5.74) is 3.77. The minimum atomic E-state index is -1.18. The van der Waals surface area contributed by atoms with Gasteiger partial charge in [0, 0.05) is 6.07 Å². The summed E-state index contributed by atoms with van der Waals surface area (Å²) < 4.78 is 9.85. The number of hydrogen-bond acceptors (Lipinski definition) is 11. The molecular formula is C24H21N5O8. The minimum absolute atomic E-state index is 0.0204. The Labute approximate surface area is 210 Å². The molecule has 1 atom stereocenters. The van der Waals surface area contributed by atoms with E-state index in [1.165, 1.54) is 13.8 Å². The zero-order chi connectivity index (χ0) is 27.6. The lowest BCUT2D eigenvalue weighted by atomic mass is 9.80. The molecule has 0 aliphatic carbocycles. The highest BCUT2D eigenvalue weighted by atomic mass is 16.6. The number of nitrogens with two attached hydrogens (primary N) is 1. The predicted octanol–water partition coefficient (Wildman–Crippen LogP) is 3.02. The minimum Gasteiger partial charge on any atom is -0.466 e. The number of ether oxygens (including phenoxy) is 2. The Kier molecular flexibility index (Phi) is 7.24. The van der Waals surface area contributed by atoms with Gasteiger partial charge in [-0.05, 0) is 25.0 Å². The van der Waals surface area contributed by atoms with Crippen LogP contribution >= 0.6 is 0 Å². The van der Waals surface area contributed by atoms with Crippen molar-refractivity contribution < 1.29 is 28.9 Å². The number of methoxy groups -OCH3 is 2. The number of carbonyl (C=O) groups excluding carboxylic acids is 2. The van der Waals surface area contributed by atoms with Gasteiger partial charge >= 0.3 is 17.6 Å². The lowest BCUT2D eigenvalue weighted by Gasteiger charge is -2.36. The number of carbonyl (C=O) groups is 2. The van der Waals surface area contributed by atoms with Crippen LogP contribution < -0.4 is 10.6 Å². The first-order valence-electron chi connectivity index (χ1n) is 10.6. The van der Waals surface area contributed by atoms with E-state index >= 15 is 0 Å². The van der Waals surface area contributed by atoms with E-state index in [9.17, 15) is 35.1 Å². The Balaban J connectivity index is 2.58. The molecule has 0 fully saturated rings. The zero-order valence-corrected chi connectivity index (χ0v) is 20.2. The van der Waals surface area contributed by atoms with Gasteiger partial charge in [-0.1, -0.05) is 30.3 Å². The van der Waals surface area contributed by atoms with Crippen molar-refractivity contribution >= 4 is 29.0 Å². The molecule has 1 heterocycles. The number of aryl methyl sites for hydroxylation is 1. The zero-order valence-electron chi connectivity index (χ0n) is 20.2. The third-order valence-electron chi connectivity index (χ3n) is 5.90. The monoisotopic (exact) mass is 507 g/mol. The molecule has 0 bridgehead atoms. The molecule has 13 nitrogen and oxygen atoms in total. The number of anilines is 1. The second-order valence-corrected chi connectivity index (χ2v) is 7.88. The summed E-state index contributed by atoms with van der Waals surface area (Å²) in [6, 6.07) is 11.2. The molecule has 1 aliphatic heterocycles. The maximum atomic E-state index is 13.2. The second-order valence-electron chi connectivity index (χ2n) is 7.88. The van der Waals surface area contributed by atoms with E-state index in [1.807, 2.05) is 6.07 Å². The molecule has 0 radical (unpaired) electrons. The number of nitrogens with zero attached hydrogens (tertiary/aromatic N) is 4. The predicted molar refractivity (Wildman–Crippen MR) is 129 cm³/mol. The van der Waals surface area contributed by atoms with E-state index < -0.39 is 50.6 Å². The summed E-state index contributed by atoms with van der Waals surface area (Å²) in [6.07, 6.45) is 0. The Morgan fingerprint density at radius 2 is 1.65 bits per heavy atom. The van der Waals surface area contributed by atoms with Crippen molar-refractivity contribution in [2.24, 2.45) is 5.73 Å². The lowest BCUT2D eigenvalue weighted by molar-refractivity contribution is -0.394. The first-order chi connectivity index (χ1) is 17.5. The molecule has 0 aromatic heterocycles. The van der Waals surface area contributed by atoms with Gasteiger partial charge in [-0.15, -0.1) is 0 Å². The van der Waals surface area contributed by atoms with Crippen LogP contribution in [0.3, 0.4) is 0 Å². The van der Waals surface area contributed by atoms with E-state index in [4.69, 9.17) is 15.2 Å². The van der Waals surface area contributed by atoms with Crippen molar-refractivity contribution in [1.29, 1.82) is 5.26 Å². The van der Waals surface area contributed by atoms with Crippen LogP contribution in [-0.4, -0.2) is 36.0 Å². The second kappa shape index (κ2) is 10.2. The van der Waals surface area contributed by atoms with Crippen LogP contribution in [0.25, 0.3) is 0 Å².